The monoisotopic (exact) mass is 290 g/mol. The molecule has 0 fully saturated rings. The Hall–Kier alpha value is -1.88. The molecule has 1 atom stereocenters. The van der Waals surface area contributed by atoms with Crippen molar-refractivity contribution >= 4 is 23.2 Å². The van der Waals surface area contributed by atoms with E-state index in [4.69, 9.17) is 11.6 Å². The SMILES string of the molecule is Cc1cc(Cl)ncc1NC(=O)[C@@H]1CCn2ccnc2C1. The molecular formula is C14H15ClN4O. The minimum absolute atomic E-state index is 0.0199. The van der Waals surface area contributed by atoms with Crippen molar-refractivity contribution in [1.82, 2.24) is 14.5 Å². The van der Waals surface area contributed by atoms with E-state index in [9.17, 15) is 4.79 Å². The number of carbonyl (C=O) groups excluding carboxylic acids is 1. The van der Waals surface area contributed by atoms with Crippen molar-refractivity contribution in [3.63, 3.8) is 0 Å². The van der Waals surface area contributed by atoms with Gasteiger partial charge in [0.05, 0.1) is 11.9 Å². The molecule has 1 aliphatic rings. The van der Waals surface area contributed by atoms with Gasteiger partial charge in [-0.05, 0) is 25.0 Å². The lowest BCUT2D eigenvalue weighted by atomic mass is 9.96. The quantitative estimate of drug-likeness (QED) is 0.864. The third-order valence-electron chi connectivity index (χ3n) is 3.66. The topological polar surface area (TPSA) is 59.8 Å². The van der Waals surface area contributed by atoms with Gasteiger partial charge in [-0.25, -0.2) is 9.97 Å². The molecule has 0 saturated carbocycles. The predicted octanol–water partition coefficient (Wildman–Crippen LogP) is 2.44. The van der Waals surface area contributed by atoms with Gasteiger partial charge in [-0.15, -0.1) is 0 Å². The second kappa shape index (κ2) is 5.25. The van der Waals surface area contributed by atoms with E-state index in [0.29, 0.717) is 17.3 Å². The summed E-state index contributed by atoms with van der Waals surface area (Å²) in [5.41, 5.74) is 1.63. The normalized spacial score (nSPS) is 17.6. The van der Waals surface area contributed by atoms with Gasteiger partial charge in [0.15, 0.2) is 0 Å². The molecule has 0 aliphatic carbocycles. The Bertz CT molecular complexity index is 652. The Morgan fingerprint density at radius 2 is 2.35 bits per heavy atom. The molecule has 0 unspecified atom stereocenters. The fourth-order valence-electron chi connectivity index (χ4n) is 2.46. The molecule has 6 heteroatoms. The zero-order valence-corrected chi connectivity index (χ0v) is 11.9. The fraction of sp³-hybridized carbons (Fsp3) is 0.357. The van der Waals surface area contributed by atoms with E-state index in [1.54, 1.807) is 18.5 Å². The summed E-state index contributed by atoms with van der Waals surface area (Å²) in [6.45, 7) is 2.74. The van der Waals surface area contributed by atoms with Crippen LogP contribution in [0.4, 0.5) is 5.69 Å². The highest BCUT2D eigenvalue weighted by Gasteiger charge is 2.25. The summed E-state index contributed by atoms with van der Waals surface area (Å²) in [7, 11) is 0. The minimum atomic E-state index is -0.0417. The van der Waals surface area contributed by atoms with Crippen LogP contribution < -0.4 is 5.32 Å². The van der Waals surface area contributed by atoms with E-state index in [0.717, 1.165) is 24.4 Å². The molecule has 0 radical (unpaired) electrons. The van der Waals surface area contributed by atoms with E-state index in [-0.39, 0.29) is 11.8 Å². The molecule has 0 spiro atoms. The summed E-state index contributed by atoms with van der Waals surface area (Å²) in [6.07, 6.45) is 6.84. The number of carbonyl (C=O) groups is 1. The Labute approximate surface area is 122 Å². The van der Waals surface area contributed by atoms with Crippen LogP contribution in [0.3, 0.4) is 0 Å². The minimum Gasteiger partial charge on any atom is -0.335 e. The summed E-state index contributed by atoms with van der Waals surface area (Å²) in [4.78, 5) is 20.6. The molecule has 0 saturated heterocycles. The van der Waals surface area contributed by atoms with Gasteiger partial charge in [0.1, 0.15) is 11.0 Å². The molecule has 2 aromatic rings. The van der Waals surface area contributed by atoms with Crippen LogP contribution >= 0.6 is 11.6 Å². The third kappa shape index (κ3) is 2.54. The van der Waals surface area contributed by atoms with Crippen molar-refractivity contribution in [2.75, 3.05) is 5.32 Å². The molecule has 20 heavy (non-hydrogen) atoms. The first kappa shape index (κ1) is 13.1. The molecule has 0 aromatic carbocycles. The van der Waals surface area contributed by atoms with Crippen LogP contribution in [0.2, 0.25) is 5.15 Å². The Morgan fingerprint density at radius 3 is 3.15 bits per heavy atom. The first-order chi connectivity index (χ1) is 9.63. The first-order valence-electron chi connectivity index (χ1n) is 6.56. The first-order valence-corrected chi connectivity index (χ1v) is 6.94. The maximum absolute atomic E-state index is 12.3. The second-order valence-electron chi connectivity index (χ2n) is 5.04. The van der Waals surface area contributed by atoms with Crippen molar-refractivity contribution in [3.05, 3.63) is 41.2 Å². The Balaban J connectivity index is 1.71. The summed E-state index contributed by atoms with van der Waals surface area (Å²) >= 11 is 5.81. The van der Waals surface area contributed by atoms with Gasteiger partial charge in [-0.1, -0.05) is 11.6 Å². The molecule has 2 aromatic heterocycles. The number of nitrogens with zero attached hydrogens (tertiary/aromatic N) is 3. The van der Waals surface area contributed by atoms with Crippen LogP contribution in [0.15, 0.2) is 24.7 Å². The molecular weight excluding hydrogens is 276 g/mol. The van der Waals surface area contributed by atoms with Gasteiger partial charge < -0.3 is 9.88 Å². The number of pyridine rings is 1. The van der Waals surface area contributed by atoms with Crippen LogP contribution in [0, 0.1) is 12.8 Å². The number of imidazole rings is 1. The Kier molecular flexibility index (Phi) is 3.44. The van der Waals surface area contributed by atoms with Gasteiger partial charge in [-0.3, -0.25) is 4.79 Å². The zero-order valence-electron chi connectivity index (χ0n) is 11.1. The molecule has 5 nitrogen and oxygen atoms in total. The van der Waals surface area contributed by atoms with E-state index in [1.807, 2.05) is 13.1 Å². The number of amides is 1. The lowest BCUT2D eigenvalue weighted by Gasteiger charge is -2.22. The highest BCUT2D eigenvalue weighted by molar-refractivity contribution is 6.29. The van der Waals surface area contributed by atoms with Gasteiger partial charge in [-0.2, -0.15) is 0 Å². The van der Waals surface area contributed by atoms with Crippen molar-refractivity contribution < 1.29 is 4.79 Å². The number of rotatable bonds is 2. The number of hydrogen-bond donors (Lipinski definition) is 1. The molecule has 1 amide bonds. The number of fused-ring (bicyclic) bond motifs is 1. The fourth-order valence-corrected chi connectivity index (χ4v) is 2.67. The smallest absolute Gasteiger partial charge is 0.228 e. The van der Waals surface area contributed by atoms with Crippen LogP contribution in [-0.2, 0) is 17.8 Å². The zero-order chi connectivity index (χ0) is 14.1. The van der Waals surface area contributed by atoms with Crippen LogP contribution in [0.1, 0.15) is 17.8 Å². The number of hydrogen-bond acceptors (Lipinski definition) is 3. The van der Waals surface area contributed by atoms with E-state index < -0.39 is 0 Å². The number of aryl methyl sites for hydroxylation is 2. The average molecular weight is 291 g/mol. The maximum Gasteiger partial charge on any atom is 0.228 e. The van der Waals surface area contributed by atoms with E-state index in [2.05, 4.69) is 19.9 Å². The van der Waals surface area contributed by atoms with Crippen LogP contribution in [-0.4, -0.2) is 20.4 Å². The molecule has 104 valence electrons. The van der Waals surface area contributed by atoms with Crippen LogP contribution in [0.25, 0.3) is 0 Å². The lowest BCUT2D eigenvalue weighted by molar-refractivity contribution is -0.120. The molecule has 1 N–H and O–H groups in total. The highest BCUT2D eigenvalue weighted by Crippen LogP contribution is 2.22. The Morgan fingerprint density at radius 1 is 1.50 bits per heavy atom. The molecule has 1 aliphatic heterocycles. The summed E-state index contributed by atoms with van der Waals surface area (Å²) in [5, 5.41) is 3.36. The van der Waals surface area contributed by atoms with Gasteiger partial charge >= 0.3 is 0 Å². The van der Waals surface area contributed by atoms with Gasteiger partial charge in [0.25, 0.3) is 0 Å². The summed E-state index contributed by atoms with van der Waals surface area (Å²) in [5.74, 6) is 0.953. The van der Waals surface area contributed by atoms with Gasteiger partial charge in [0, 0.05) is 31.3 Å². The van der Waals surface area contributed by atoms with Crippen molar-refractivity contribution in [1.29, 1.82) is 0 Å². The van der Waals surface area contributed by atoms with Crippen molar-refractivity contribution in [3.8, 4) is 0 Å². The standard InChI is InChI=1S/C14H15ClN4O/c1-9-6-12(15)17-8-11(9)18-14(20)10-2-4-19-5-3-16-13(19)7-10/h3,5-6,8,10H,2,4,7H2,1H3,(H,18,20)/t10-/m1/s1. The molecule has 0 bridgehead atoms. The average Bonchev–Trinajstić information content (AvgIpc) is 2.89. The number of halogens is 1. The predicted molar refractivity (Wildman–Crippen MR) is 76.7 cm³/mol. The molecule has 3 heterocycles. The second-order valence-corrected chi connectivity index (χ2v) is 5.43. The molecule has 3 rings (SSSR count). The van der Waals surface area contributed by atoms with Gasteiger partial charge in [0.2, 0.25) is 5.91 Å². The van der Waals surface area contributed by atoms with Crippen molar-refractivity contribution in [2.45, 2.75) is 26.3 Å². The van der Waals surface area contributed by atoms with Crippen molar-refractivity contribution in [2.24, 2.45) is 5.92 Å². The number of nitrogens with one attached hydrogen (secondary N) is 1. The third-order valence-corrected chi connectivity index (χ3v) is 3.86. The van der Waals surface area contributed by atoms with E-state index in [1.165, 1.54) is 0 Å². The summed E-state index contributed by atoms with van der Waals surface area (Å²) < 4.78 is 2.10. The van der Waals surface area contributed by atoms with Crippen LogP contribution in [0.5, 0.6) is 0 Å². The highest BCUT2D eigenvalue weighted by atomic mass is 35.5. The number of aromatic nitrogens is 3. The largest absolute Gasteiger partial charge is 0.335 e. The maximum atomic E-state index is 12.3. The van der Waals surface area contributed by atoms with E-state index >= 15 is 0 Å². The number of anilines is 1. The summed E-state index contributed by atoms with van der Waals surface area (Å²) in [6, 6.07) is 1.74. The lowest BCUT2D eigenvalue weighted by Crippen LogP contribution is -2.30.